The van der Waals surface area contributed by atoms with E-state index in [1.165, 1.54) is 6.42 Å². The smallest absolute Gasteiger partial charge is 0.0693 e. The molecule has 0 amide bonds. The minimum absolute atomic E-state index is 0.195. The third-order valence-corrected chi connectivity index (χ3v) is 3.09. The lowest BCUT2D eigenvalue weighted by atomic mass is 9.92. The Labute approximate surface area is 92.9 Å². The summed E-state index contributed by atoms with van der Waals surface area (Å²) in [6.45, 7) is 4.83. The molecule has 0 radical (unpaired) electrons. The molecule has 1 rings (SSSR count). The van der Waals surface area contributed by atoms with Crippen LogP contribution in [0.15, 0.2) is 0 Å². The molecular weight excluding hydrogens is 190 g/mol. The van der Waals surface area contributed by atoms with Crippen molar-refractivity contribution in [3.05, 3.63) is 0 Å². The molecule has 1 fully saturated rings. The maximum Gasteiger partial charge on any atom is 0.0693 e. The van der Waals surface area contributed by atoms with Crippen molar-refractivity contribution in [3.8, 4) is 0 Å². The molecule has 1 saturated carbocycles. The van der Waals surface area contributed by atoms with Gasteiger partial charge in [-0.25, -0.2) is 0 Å². The number of aliphatic hydroxyl groups excluding tert-OH is 2. The van der Waals surface area contributed by atoms with Crippen LogP contribution in [0.25, 0.3) is 0 Å². The Morgan fingerprint density at radius 3 is 2.53 bits per heavy atom. The normalized spacial score (nSPS) is 29.4. The number of nitrogens with one attached hydrogen (secondary N) is 1. The highest BCUT2D eigenvalue weighted by Crippen LogP contribution is 2.18. The van der Waals surface area contributed by atoms with Crippen LogP contribution in [0.2, 0.25) is 0 Å². The summed E-state index contributed by atoms with van der Waals surface area (Å²) in [6, 6.07) is 0.195. The third-order valence-electron chi connectivity index (χ3n) is 3.09. The zero-order valence-electron chi connectivity index (χ0n) is 9.95. The summed E-state index contributed by atoms with van der Waals surface area (Å²) in [5, 5.41) is 22.7. The Morgan fingerprint density at radius 2 is 1.93 bits per heavy atom. The Morgan fingerprint density at radius 1 is 1.27 bits per heavy atom. The molecule has 0 heterocycles. The molecule has 1 aliphatic carbocycles. The summed E-state index contributed by atoms with van der Waals surface area (Å²) >= 11 is 0. The van der Waals surface area contributed by atoms with E-state index >= 15 is 0 Å². The molecule has 15 heavy (non-hydrogen) atoms. The van der Waals surface area contributed by atoms with E-state index in [1.54, 1.807) is 0 Å². The summed E-state index contributed by atoms with van der Waals surface area (Å²) in [5.74, 6) is 0.526. The van der Waals surface area contributed by atoms with Crippen LogP contribution >= 0.6 is 0 Å². The Balaban J connectivity index is 2.17. The molecule has 0 aromatic rings. The lowest BCUT2D eigenvalue weighted by molar-refractivity contribution is 0.0763. The van der Waals surface area contributed by atoms with E-state index in [0.29, 0.717) is 12.5 Å². The summed E-state index contributed by atoms with van der Waals surface area (Å²) in [6.07, 6.45) is 4.59. The van der Waals surface area contributed by atoms with Gasteiger partial charge in [-0.3, -0.25) is 0 Å². The second kappa shape index (κ2) is 6.46. The summed E-state index contributed by atoms with van der Waals surface area (Å²) in [7, 11) is 0. The van der Waals surface area contributed by atoms with Crippen LogP contribution in [0.1, 0.15) is 46.0 Å². The molecular formula is C12H25NO2. The van der Waals surface area contributed by atoms with Gasteiger partial charge < -0.3 is 15.5 Å². The van der Waals surface area contributed by atoms with Gasteiger partial charge in [0.15, 0.2) is 0 Å². The van der Waals surface area contributed by atoms with Crippen LogP contribution in [0.4, 0.5) is 0 Å². The van der Waals surface area contributed by atoms with Crippen molar-refractivity contribution in [2.45, 2.75) is 64.2 Å². The SMILES string of the molecule is CC(C)CC(O)CN[C@H]1CCCC[C@@H]1O. The highest BCUT2D eigenvalue weighted by molar-refractivity contribution is 4.81. The van der Waals surface area contributed by atoms with Crippen LogP contribution < -0.4 is 5.32 Å². The topological polar surface area (TPSA) is 52.5 Å². The fourth-order valence-electron chi connectivity index (χ4n) is 2.26. The van der Waals surface area contributed by atoms with E-state index in [2.05, 4.69) is 19.2 Å². The molecule has 0 aromatic heterocycles. The van der Waals surface area contributed by atoms with Crippen molar-refractivity contribution in [2.75, 3.05) is 6.54 Å². The first kappa shape index (κ1) is 12.9. The van der Waals surface area contributed by atoms with Crippen LogP contribution in [0, 0.1) is 5.92 Å². The summed E-state index contributed by atoms with van der Waals surface area (Å²) in [4.78, 5) is 0. The molecule has 3 N–H and O–H groups in total. The summed E-state index contributed by atoms with van der Waals surface area (Å²) < 4.78 is 0. The molecule has 0 saturated heterocycles. The quantitative estimate of drug-likeness (QED) is 0.647. The third kappa shape index (κ3) is 4.96. The zero-order chi connectivity index (χ0) is 11.3. The molecule has 0 aromatic carbocycles. The van der Waals surface area contributed by atoms with Crippen LogP contribution in [-0.4, -0.2) is 35.0 Å². The van der Waals surface area contributed by atoms with E-state index < -0.39 is 0 Å². The van der Waals surface area contributed by atoms with E-state index in [1.807, 2.05) is 0 Å². The van der Waals surface area contributed by atoms with Crippen molar-refractivity contribution < 1.29 is 10.2 Å². The average Bonchev–Trinajstić information content (AvgIpc) is 2.15. The van der Waals surface area contributed by atoms with E-state index in [0.717, 1.165) is 25.7 Å². The van der Waals surface area contributed by atoms with Gasteiger partial charge in [-0.1, -0.05) is 26.7 Å². The summed E-state index contributed by atoms with van der Waals surface area (Å²) in [5.41, 5.74) is 0. The lowest BCUT2D eigenvalue weighted by Crippen LogP contribution is -2.45. The van der Waals surface area contributed by atoms with Crippen molar-refractivity contribution in [1.29, 1.82) is 0 Å². The molecule has 0 spiro atoms. The van der Waals surface area contributed by atoms with Crippen LogP contribution in [0.5, 0.6) is 0 Å². The van der Waals surface area contributed by atoms with Crippen molar-refractivity contribution >= 4 is 0 Å². The molecule has 3 nitrogen and oxygen atoms in total. The molecule has 3 atom stereocenters. The highest BCUT2D eigenvalue weighted by atomic mass is 16.3. The monoisotopic (exact) mass is 215 g/mol. The van der Waals surface area contributed by atoms with Crippen molar-refractivity contribution in [3.63, 3.8) is 0 Å². The van der Waals surface area contributed by atoms with E-state index in [4.69, 9.17) is 0 Å². The number of hydrogen-bond donors (Lipinski definition) is 3. The van der Waals surface area contributed by atoms with E-state index in [-0.39, 0.29) is 18.2 Å². The van der Waals surface area contributed by atoms with Gasteiger partial charge in [0.2, 0.25) is 0 Å². The first-order valence-electron chi connectivity index (χ1n) is 6.19. The number of aliphatic hydroxyl groups is 2. The predicted octanol–water partition coefficient (Wildman–Crippen LogP) is 1.29. The van der Waals surface area contributed by atoms with Crippen molar-refractivity contribution in [2.24, 2.45) is 5.92 Å². The Kier molecular flexibility index (Phi) is 5.58. The Bertz CT molecular complexity index is 173. The first-order valence-corrected chi connectivity index (χ1v) is 6.19. The lowest BCUT2D eigenvalue weighted by Gasteiger charge is -2.29. The Hall–Kier alpha value is -0.120. The molecule has 0 bridgehead atoms. The average molecular weight is 215 g/mol. The van der Waals surface area contributed by atoms with E-state index in [9.17, 15) is 10.2 Å². The molecule has 1 unspecified atom stereocenters. The molecule has 90 valence electrons. The van der Waals surface area contributed by atoms with Gasteiger partial charge in [0.1, 0.15) is 0 Å². The zero-order valence-corrected chi connectivity index (χ0v) is 9.95. The molecule has 3 heteroatoms. The standard InChI is InChI=1S/C12H25NO2/c1-9(2)7-10(14)8-13-11-5-3-4-6-12(11)15/h9-15H,3-8H2,1-2H3/t10?,11-,12-/m0/s1. The van der Waals surface area contributed by atoms with Gasteiger partial charge in [0.05, 0.1) is 12.2 Å². The number of rotatable bonds is 5. The van der Waals surface area contributed by atoms with Crippen LogP contribution in [-0.2, 0) is 0 Å². The van der Waals surface area contributed by atoms with Gasteiger partial charge >= 0.3 is 0 Å². The second-order valence-electron chi connectivity index (χ2n) is 5.15. The van der Waals surface area contributed by atoms with Gasteiger partial charge in [-0.05, 0) is 25.2 Å². The minimum Gasteiger partial charge on any atom is -0.392 e. The largest absolute Gasteiger partial charge is 0.392 e. The highest BCUT2D eigenvalue weighted by Gasteiger charge is 2.22. The van der Waals surface area contributed by atoms with Gasteiger partial charge in [0.25, 0.3) is 0 Å². The maximum absolute atomic E-state index is 9.72. The molecule has 1 aliphatic rings. The van der Waals surface area contributed by atoms with Crippen LogP contribution in [0.3, 0.4) is 0 Å². The first-order chi connectivity index (χ1) is 7.09. The maximum atomic E-state index is 9.72. The second-order valence-corrected chi connectivity index (χ2v) is 5.15. The fourth-order valence-corrected chi connectivity index (χ4v) is 2.26. The van der Waals surface area contributed by atoms with Gasteiger partial charge in [-0.2, -0.15) is 0 Å². The predicted molar refractivity (Wildman–Crippen MR) is 61.7 cm³/mol. The van der Waals surface area contributed by atoms with Gasteiger partial charge in [0, 0.05) is 12.6 Å². The van der Waals surface area contributed by atoms with Gasteiger partial charge in [-0.15, -0.1) is 0 Å². The minimum atomic E-state index is -0.279. The molecule has 0 aliphatic heterocycles. The number of hydrogen-bond acceptors (Lipinski definition) is 3. The fraction of sp³-hybridized carbons (Fsp3) is 1.00. The van der Waals surface area contributed by atoms with Crippen molar-refractivity contribution in [1.82, 2.24) is 5.32 Å².